The molecular weight excluding hydrogens is 316 g/mol. The van der Waals surface area contributed by atoms with Gasteiger partial charge < -0.3 is 5.32 Å². The third-order valence-corrected chi connectivity index (χ3v) is 3.60. The summed E-state index contributed by atoms with van der Waals surface area (Å²) >= 11 is 0. The first-order valence-electron chi connectivity index (χ1n) is 7.00. The standard InChI is InChI=1S/C16H18N2O4S/c1-12-8-14(11-17-10-12)16(19)18-15-5-3-4-13(9-15)6-7-22-23(2,20)21/h3-5,8-11H,6-7H2,1-2H3,(H,18,19). The Hall–Kier alpha value is -2.25. The van der Waals surface area contributed by atoms with E-state index in [4.69, 9.17) is 4.18 Å². The zero-order valence-electron chi connectivity index (χ0n) is 12.9. The molecule has 23 heavy (non-hydrogen) atoms. The van der Waals surface area contributed by atoms with E-state index in [2.05, 4.69) is 10.3 Å². The van der Waals surface area contributed by atoms with E-state index in [-0.39, 0.29) is 12.5 Å². The first kappa shape index (κ1) is 17.1. The average Bonchev–Trinajstić information content (AvgIpc) is 2.46. The molecule has 122 valence electrons. The highest BCUT2D eigenvalue weighted by Gasteiger charge is 2.07. The number of carbonyl (C=O) groups is 1. The zero-order chi connectivity index (χ0) is 16.9. The van der Waals surface area contributed by atoms with Crippen LogP contribution in [0.3, 0.4) is 0 Å². The highest BCUT2D eigenvalue weighted by Crippen LogP contribution is 2.13. The van der Waals surface area contributed by atoms with E-state index in [1.54, 1.807) is 30.5 Å². The van der Waals surface area contributed by atoms with Crippen LogP contribution in [0.15, 0.2) is 42.7 Å². The molecule has 0 saturated heterocycles. The van der Waals surface area contributed by atoms with Gasteiger partial charge in [-0.05, 0) is 42.7 Å². The molecule has 0 saturated carbocycles. The maximum absolute atomic E-state index is 12.2. The minimum atomic E-state index is -3.44. The van der Waals surface area contributed by atoms with Crippen LogP contribution in [0.2, 0.25) is 0 Å². The molecule has 0 atom stereocenters. The van der Waals surface area contributed by atoms with Crippen LogP contribution in [0.4, 0.5) is 5.69 Å². The second-order valence-electron chi connectivity index (χ2n) is 5.18. The van der Waals surface area contributed by atoms with Gasteiger partial charge in [-0.2, -0.15) is 8.42 Å². The predicted molar refractivity (Wildman–Crippen MR) is 87.9 cm³/mol. The Labute approximate surface area is 135 Å². The van der Waals surface area contributed by atoms with Gasteiger partial charge in [-0.1, -0.05) is 12.1 Å². The van der Waals surface area contributed by atoms with Crippen molar-refractivity contribution >= 4 is 21.7 Å². The number of rotatable bonds is 6. The van der Waals surface area contributed by atoms with Gasteiger partial charge in [0.25, 0.3) is 16.0 Å². The van der Waals surface area contributed by atoms with Gasteiger partial charge in [0.15, 0.2) is 0 Å². The molecule has 7 heteroatoms. The molecule has 2 aromatic rings. The number of aromatic nitrogens is 1. The summed E-state index contributed by atoms with van der Waals surface area (Å²) in [6.45, 7) is 1.93. The summed E-state index contributed by atoms with van der Waals surface area (Å²) in [4.78, 5) is 16.2. The van der Waals surface area contributed by atoms with E-state index in [1.165, 1.54) is 6.20 Å². The smallest absolute Gasteiger partial charge is 0.264 e. The average molecular weight is 334 g/mol. The molecule has 1 aromatic heterocycles. The molecule has 1 heterocycles. The molecule has 0 bridgehead atoms. The monoisotopic (exact) mass is 334 g/mol. The van der Waals surface area contributed by atoms with Gasteiger partial charge in [0.05, 0.1) is 18.4 Å². The summed E-state index contributed by atoms with van der Waals surface area (Å²) < 4.78 is 26.6. The van der Waals surface area contributed by atoms with E-state index < -0.39 is 10.1 Å². The number of anilines is 1. The van der Waals surface area contributed by atoms with Crippen molar-refractivity contribution < 1.29 is 17.4 Å². The summed E-state index contributed by atoms with van der Waals surface area (Å²) in [5.74, 6) is -0.245. The minimum Gasteiger partial charge on any atom is -0.322 e. The van der Waals surface area contributed by atoms with Crippen LogP contribution in [0.25, 0.3) is 0 Å². The lowest BCUT2D eigenvalue weighted by molar-refractivity contribution is 0.102. The first-order chi connectivity index (χ1) is 10.8. The van der Waals surface area contributed by atoms with Gasteiger partial charge in [-0.3, -0.25) is 14.0 Å². The second kappa shape index (κ2) is 7.34. The van der Waals surface area contributed by atoms with Gasteiger partial charge in [0.2, 0.25) is 0 Å². The highest BCUT2D eigenvalue weighted by molar-refractivity contribution is 7.85. The van der Waals surface area contributed by atoms with E-state index in [0.29, 0.717) is 17.7 Å². The van der Waals surface area contributed by atoms with E-state index in [0.717, 1.165) is 17.4 Å². The summed E-state index contributed by atoms with van der Waals surface area (Å²) in [7, 11) is -3.44. The van der Waals surface area contributed by atoms with E-state index in [1.807, 2.05) is 13.0 Å². The molecule has 0 aliphatic heterocycles. The number of aryl methyl sites for hydroxylation is 1. The van der Waals surface area contributed by atoms with E-state index >= 15 is 0 Å². The van der Waals surface area contributed by atoms with Crippen LogP contribution in [0.5, 0.6) is 0 Å². The van der Waals surface area contributed by atoms with Crippen LogP contribution in [-0.4, -0.2) is 32.2 Å². The molecule has 0 aliphatic carbocycles. The number of nitrogens with one attached hydrogen (secondary N) is 1. The molecule has 6 nitrogen and oxygen atoms in total. The molecule has 0 spiro atoms. The Kier molecular flexibility index (Phi) is 5.46. The Morgan fingerprint density at radius 2 is 2.04 bits per heavy atom. The van der Waals surface area contributed by atoms with Crippen molar-refractivity contribution in [3.63, 3.8) is 0 Å². The topological polar surface area (TPSA) is 85.4 Å². The van der Waals surface area contributed by atoms with Gasteiger partial charge in [-0.25, -0.2) is 0 Å². The Bertz CT molecular complexity index is 803. The summed E-state index contributed by atoms with van der Waals surface area (Å²) in [5, 5.41) is 2.79. The van der Waals surface area contributed by atoms with Crippen molar-refractivity contribution in [3.8, 4) is 0 Å². The normalized spacial score (nSPS) is 11.2. The maximum atomic E-state index is 12.2. The fraction of sp³-hybridized carbons (Fsp3) is 0.250. The highest BCUT2D eigenvalue weighted by atomic mass is 32.2. The SMILES string of the molecule is Cc1cncc(C(=O)Nc2cccc(CCOS(C)(=O)=O)c2)c1. The number of benzene rings is 1. The van der Waals surface area contributed by atoms with Crippen molar-refractivity contribution in [2.24, 2.45) is 0 Å². The largest absolute Gasteiger partial charge is 0.322 e. The number of pyridine rings is 1. The predicted octanol–water partition coefficient (Wildman–Crippen LogP) is 2.16. The van der Waals surface area contributed by atoms with Crippen LogP contribution < -0.4 is 5.32 Å². The molecule has 0 aliphatic rings. The Balaban J connectivity index is 2.01. The van der Waals surface area contributed by atoms with Gasteiger partial charge in [0.1, 0.15) is 0 Å². The molecule has 0 radical (unpaired) electrons. The number of carbonyl (C=O) groups excluding carboxylic acids is 1. The van der Waals surface area contributed by atoms with E-state index in [9.17, 15) is 13.2 Å². The van der Waals surface area contributed by atoms with Crippen LogP contribution >= 0.6 is 0 Å². The second-order valence-corrected chi connectivity index (χ2v) is 6.83. The lowest BCUT2D eigenvalue weighted by Crippen LogP contribution is -2.12. The van der Waals surface area contributed by atoms with Gasteiger partial charge in [-0.15, -0.1) is 0 Å². The Morgan fingerprint density at radius 1 is 1.26 bits per heavy atom. The Morgan fingerprint density at radius 3 is 2.74 bits per heavy atom. The lowest BCUT2D eigenvalue weighted by atomic mass is 10.1. The van der Waals surface area contributed by atoms with Crippen LogP contribution in [0.1, 0.15) is 21.5 Å². The van der Waals surface area contributed by atoms with Crippen LogP contribution in [0, 0.1) is 6.92 Å². The molecule has 1 N–H and O–H groups in total. The number of amides is 1. The summed E-state index contributed by atoms with van der Waals surface area (Å²) in [6.07, 6.45) is 4.63. The van der Waals surface area contributed by atoms with Crippen molar-refractivity contribution in [3.05, 3.63) is 59.4 Å². The fourth-order valence-corrected chi connectivity index (χ4v) is 2.38. The molecule has 0 unspecified atom stereocenters. The summed E-state index contributed by atoms with van der Waals surface area (Å²) in [6, 6.07) is 8.94. The number of nitrogens with zero attached hydrogens (tertiary/aromatic N) is 1. The van der Waals surface area contributed by atoms with Gasteiger partial charge >= 0.3 is 0 Å². The van der Waals surface area contributed by atoms with Crippen LogP contribution in [-0.2, 0) is 20.7 Å². The molecule has 1 amide bonds. The maximum Gasteiger partial charge on any atom is 0.264 e. The van der Waals surface area contributed by atoms with Crippen molar-refractivity contribution in [1.82, 2.24) is 4.98 Å². The van der Waals surface area contributed by atoms with Crippen molar-refractivity contribution in [2.45, 2.75) is 13.3 Å². The fourth-order valence-electron chi connectivity index (χ4n) is 2.00. The number of hydrogen-bond donors (Lipinski definition) is 1. The third kappa shape index (κ3) is 5.80. The zero-order valence-corrected chi connectivity index (χ0v) is 13.8. The van der Waals surface area contributed by atoms with Crippen molar-refractivity contribution in [1.29, 1.82) is 0 Å². The minimum absolute atomic E-state index is 0.0675. The first-order valence-corrected chi connectivity index (χ1v) is 8.81. The molecule has 2 rings (SSSR count). The number of hydrogen-bond acceptors (Lipinski definition) is 5. The van der Waals surface area contributed by atoms with Crippen molar-refractivity contribution in [2.75, 3.05) is 18.2 Å². The quantitative estimate of drug-likeness (QED) is 0.818. The molecule has 0 fully saturated rings. The third-order valence-electron chi connectivity index (χ3n) is 3.01. The summed E-state index contributed by atoms with van der Waals surface area (Å²) in [5.41, 5.74) is 2.89. The molecule has 1 aromatic carbocycles. The van der Waals surface area contributed by atoms with Gasteiger partial charge in [0, 0.05) is 18.1 Å². The molecular formula is C16H18N2O4S. The lowest BCUT2D eigenvalue weighted by Gasteiger charge is -2.08.